The van der Waals surface area contributed by atoms with Gasteiger partial charge in [-0.1, -0.05) is 6.07 Å². The predicted octanol–water partition coefficient (Wildman–Crippen LogP) is -0.394. The summed E-state index contributed by atoms with van der Waals surface area (Å²) in [6.07, 6.45) is 0.767. The highest BCUT2D eigenvalue weighted by atomic mass is 32.2. The number of morpholine rings is 1. The largest absolute Gasteiger partial charge is 0.374 e. The van der Waals surface area contributed by atoms with Crippen LogP contribution in [0.15, 0.2) is 24.3 Å². The number of ether oxygens (including phenoxy) is 1. The first-order valence-electron chi connectivity index (χ1n) is 8.35. The Hall–Kier alpha value is -2.17. The zero-order chi connectivity index (χ0) is 18.7. The Labute approximate surface area is 152 Å². The van der Waals surface area contributed by atoms with Crippen LogP contribution in [0.25, 0.3) is 0 Å². The van der Waals surface area contributed by atoms with Crippen molar-refractivity contribution in [2.45, 2.75) is 6.10 Å². The molecule has 1 aromatic rings. The molecule has 2 N–H and O–H groups in total. The molecule has 3 rings (SSSR count). The van der Waals surface area contributed by atoms with Crippen LogP contribution in [0.2, 0.25) is 0 Å². The number of hydrogen-bond donors (Lipinski definition) is 2. The van der Waals surface area contributed by atoms with Crippen molar-refractivity contribution >= 4 is 27.6 Å². The van der Waals surface area contributed by atoms with Crippen LogP contribution in [-0.4, -0.2) is 76.4 Å². The summed E-state index contributed by atoms with van der Waals surface area (Å²) in [5.41, 5.74) is 1.09. The van der Waals surface area contributed by atoms with Gasteiger partial charge < -0.3 is 15.4 Å². The van der Waals surface area contributed by atoms with Crippen LogP contribution >= 0.6 is 0 Å². The second-order valence-electron chi connectivity index (χ2n) is 6.26. The summed E-state index contributed by atoms with van der Waals surface area (Å²) in [6, 6.07) is 6.63. The van der Waals surface area contributed by atoms with Crippen LogP contribution in [0, 0.1) is 0 Å². The second kappa shape index (κ2) is 7.60. The minimum Gasteiger partial charge on any atom is -0.374 e. The number of carbonyl (C=O) groups is 2. The Morgan fingerprint density at radius 2 is 2.19 bits per heavy atom. The second-order valence-corrected chi connectivity index (χ2v) is 8.24. The van der Waals surface area contributed by atoms with Gasteiger partial charge in [0.05, 0.1) is 19.0 Å². The van der Waals surface area contributed by atoms with Crippen molar-refractivity contribution in [1.82, 2.24) is 14.9 Å². The van der Waals surface area contributed by atoms with Crippen molar-refractivity contribution in [1.29, 1.82) is 0 Å². The molecule has 9 nitrogen and oxygen atoms in total. The minimum atomic E-state index is -3.27. The molecule has 0 radical (unpaired) electrons. The molecule has 1 unspecified atom stereocenters. The van der Waals surface area contributed by atoms with E-state index in [0.29, 0.717) is 37.5 Å². The Balaban J connectivity index is 1.59. The third-order valence-corrected chi connectivity index (χ3v) is 5.61. The molecule has 1 aromatic carbocycles. The van der Waals surface area contributed by atoms with Crippen LogP contribution in [-0.2, 0) is 14.8 Å². The number of rotatable bonds is 5. The lowest BCUT2D eigenvalue weighted by molar-refractivity contribution is 0.000438. The fourth-order valence-electron chi connectivity index (χ4n) is 2.96. The van der Waals surface area contributed by atoms with E-state index in [1.54, 1.807) is 29.2 Å². The summed E-state index contributed by atoms with van der Waals surface area (Å²) < 4.78 is 30.1. The van der Waals surface area contributed by atoms with E-state index in [0.717, 1.165) is 6.26 Å². The minimum absolute atomic E-state index is 0.181. The third kappa shape index (κ3) is 4.32. The van der Waals surface area contributed by atoms with Gasteiger partial charge in [-0.2, -0.15) is 4.31 Å². The van der Waals surface area contributed by atoms with Gasteiger partial charge in [-0.05, 0) is 18.2 Å². The van der Waals surface area contributed by atoms with Gasteiger partial charge >= 0.3 is 6.03 Å². The molecule has 0 saturated carbocycles. The zero-order valence-electron chi connectivity index (χ0n) is 14.5. The van der Waals surface area contributed by atoms with Gasteiger partial charge in [0.15, 0.2) is 0 Å². The van der Waals surface area contributed by atoms with Crippen LogP contribution in [0.1, 0.15) is 10.4 Å². The number of nitrogens with one attached hydrogen (secondary N) is 2. The smallest absolute Gasteiger partial charge is 0.321 e. The Morgan fingerprint density at radius 3 is 2.88 bits per heavy atom. The average Bonchev–Trinajstić information content (AvgIpc) is 3.05. The number of anilines is 1. The monoisotopic (exact) mass is 382 g/mol. The molecular weight excluding hydrogens is 360 g/mol. The molecule has 0 aliphatic carbocycles. The number of benzene rings is 1. The van der Waals surface area contributed by atoms with Crippen LogP contribution in [0.5, 0.6) is 0 Å². The Bertz CT molecular complexity index is 798. The molecule has 26 heavy (non-hydrogen) atoms. The molecule has 0 aromatic heterocycles. The first-order valence-corrected chi connectivity index (χ1v) is 10.2. The summed E-state index contributed by atoms with van der Waals surface area (Å²) >= 11 is 0. The van der Waals surface area contributed by atoms with Crippen molar-refractivity contribution in [2.75, 3.05) is 50.5 Å². The lowest BCUT2D eigenvalue weighted by Gasteiger charge is -2.31. The maximum Gasteiger partial charge on any atom is 0.321 e. The summed E-state index contributed by atoms with van der Waals surface area (Å²) in [4.78, 5) is 25.7. The number of amides is 3. The van der Waals surface area contributed by atoms with Crippen molar-refractivity contribution < 1.29 is 22.7 Å². The lowest BCUT2D eigenvalue weighted by Crippen LogP contribution is -2.49. The molecular formula is C16H22N4O5S. The lowest BCUT2D eigenvalue weighted by atomic mass is 10.1. The number of sulfonamides is 1. The van der Waals surface area contributed by atoms with Gasteiger partial charge in [-0.25, -0.2) is 13.2 Å². The molecule has 10 heteroatoms. The fourth-order valence-corrected chi connectivity index (χ4v) is 3.80. The van der Waals surface area contributed by atoms with Crippen LogP contribution in [0.4, 0.5) is 10.5 Å². The molecule has 0 spiro atoms. The summed E-state index contributed by atoms with van der Waals surface area (Å²) in [5.74, 6) is -0.300. The maximum atomic E-state index is 12.4. The maximum absolute atomic E-state index is 12.4. The number of urea groups is 1. The molecule has 1 atom stereocenters. The first-order chi connectivity index (χ1) is 12.3. The van der Waals surface area contributed by atoms with E-state index in [4.69, 9.17) is 4.74 Å². The Kier molecular flexibility index (Phi) is 5.44. The van der Waals surface area contributed by atoms with Gasteiger partial charge in [0, 0.05) is 44.0 Å². The van der Waals surface area contributed by atoms with Gasteiger partial charge in [0.1, 0.15) is 0 Å². The quantitative estimate of drug-likeness (QED) is 0.721. The van der Waals surface area contributed by atoms with Crippen molar-refractivity contribution in [3.63, 3.8) is 0 Å². The van der Waals surface area contributed by atoms with Gasteiger partial charge in [0.25, 0.3) is 5.91 Å². The highest BCUT2D eigenvalue weighted by molar-refractivity contribution is 7.88. The summed E-state index contributed by atoms with van der Waals surface area (Å²) in [6.45, 7) is 2.18. The van der Waals surface area contributed by atoms with E-state index < -0.39 is 16.1 Å². The highest BCUT2D eigenvalue weighted by Gasteiger charge is 2.27. The molecule has 2 aliphatic rings. The number of hydrogen-bond acceptors (Lipinski definition) is 5. The van der Waals surface area contributed by atoms with E-state index >= 15 is 0 Å². The standard InChI is InChI=1S/C16H22N4O5S/c1-26(23,24)19-7-8-25-14(11-19)10-18-15(21)12-3-2-4-13(9-12)20-6-5-17-16(20)22/h2-4,9,14H,5-8,10-11H2,1H3,(H,17,22)(H,18,21). The highest BCUT2D eigenvalue weighted by Crippen LogP contribution is 2.18. The average molecular weight is 382 g/mol. The van der Waals surface area contributed by atoms with Crippen LogP contribution < -0.4 is 15.5 Å². The normalized spacial score (nSPS) is 21.5. The predicted molar refractivity (Wildman–Crippen MR) is 95.7 cm³/mol. The molecule has 142 valence electrons. The van der Waals surface area contributed by atoms with Crippen molar-refractivity contribution in [3.8, 4) is 0 Å². The van der Waals surface area contributed by atoms with E-state index in [1.165, 1.54) is 4.31 Å². The molecule has 2 fully saturated rings. The van der Waals surface area contributed by atoms with Crippen molar-refractivity contribution in [3.05, 3.63) is 29.8 Å². The Morgan fingerprint density at radius 1 is 1.38 bits per heavy atom. The SMILES string of the molecule is CS(=O)(=O)N1CCOC(CNC(=O)c2cccc(N3CCNC3=O)c2)C1. The summed E-state index contributed by atoms with van der Waals surface area (Å²) in [5, 5.41) is 5.48. The molecule has 3 amide bonds. The topological polar surface area (TPSA) is 108 Å². The number of nitrogens with zero attached hydrogens (tertiary/aromatic N) is 2. The fraction of sp³-hybridized carbons (Fsp3) is 0.500. The van der Waals surface area contributed by atoms with Gasteiger partial charge in [-0.15, -0.1) is 0 Å². The van der Waals surface area contributed by atoms with Crippen molar-refractivity contribution in [2.24, 2.45) is 0 Å². The van der Waals surface area contributed by atoms with Gasteiger partial charge in [-0.3, -0.25) is 9.69 Å². The first kappa shape index (κ1) is 18.6. The van der Waals surface area contributed by atoms with E-state index in [9.17, 15) is 18.0 Å². The van der Waals surface area contributed by atoms with Gasteiger partial charge in [0.2, 0.25) is 10.0 Å². The van der Waals surface area contributed by atoms with E-state index in [2.05, 4.69) is 10.6 Å². The molecule has 2 saturated heterocycles. The summed E-state index contributed by atoms with van der Waals surface area (Å²) in [7, 11) is -3.27. The number of carbonyl (C=O) groups excluding carboxylic acids is 2. The molecule has 2 aliphatic heterocycles. The molecule has 0 bridgehead atoms. The van der Waals surface area contributed by atoms with Crippen LogP contribution in [0.3, 0.4) is 0 Å². The molecule has 2 heterocycles. The van der Waals surface area contributed by atoms with E-state index in [1.807, 2.05) is 0 Å². The van der Waals surface area contributed by atoms with E-state index in [-0.39, 0.29) is 25.0 Å². The zero-order valence-corrected chi connectivity index (χ0v) is 15.3. The third-order valence-electron chi connectivity index (χ3n) is 4.34.